The molecule has 3 heteroatoms. The standard InChI is InChI=1S/C13H24N2S/c1-10(11-7-5-4-6-8-11)14-12-15-13(2,3)9-16-12/h10-11H,4-9H2,1-3H3,(H,14,15). The van der Waals surface area contributed by atoms with Gasteiger partial charge in [0.25, 0.3) is 0 Å². The summed E-state index contributed by atoms with van der Waals surface area (Å²) in [4.78, 5) is 4.86. The van der Waals surface area contributed by atoms with Crippen molar-refractivity contribution in [2.45, 2.75) is 64.5 Å². The molecule has 0 aromatic heterocycles. The lowest BCUT2D eigenvalue weighted by Gasteiger charge is -2.25. The molecule has 1 saturated carbocycles. The molecule has 2 nitrogen and oxygen atoms in total. The number of aliphatic imine (C=N–C) groups is 1. The normalized spacial score (nSPS) is 30.3. The lowest BCUT2D eigenvalue weighted by molar-refractivity contribution is 0.317. The van der Waals surface area contributed by atoms with Crippen LogP contribution < -0.4 is 5.32 Å². The molecule has 1 unspecified atom stereocenters. The van der Waals surface area contributed by atoms with Gasteiger partial charge in [-0.15, -0.1) is 0 Å². The van der Waals surface area contributed by atoms with Gasteiger partial charge < -0.3 is 5.32 Å². The molecular weight excluding hydrogens is 216 g/mol. The Morgan fingerprint density at radius 2 is 2.00 bits per heavy atom. The monoisotopic (exact) mass is 240 g/mol. The summed E-state index contributed by atoms with van der Waals surface area (Å²) in [6, 6.07) is 0.504. The van der Waals surface area contributed by atoms with Crippen molar-refractivity contribution >= 4 is 16.9 Å². The number of rotatable bonds is 2. The Bertz CT molecular complexity index is 267. The van der Waals surface area contributed by atoms with Gasteiger partial charge in [0.15, 0.2) is 5.17 Å². The van der Waals surface area contributed by atoms with E-state index in [0.29, 0.717) is 6.04 Å². The highest BCUT2D eigenvalue weighted by Crippen LogP contribution is 2.29. The van der Waals surface area contributed by atoms with Crippen LogP contribution in [0.15, 0.2) is 4.99 Å². The predicted octanol–water partition coefficient (Wildman–Crippen LogP) is 3.43. The Kier molecular flexibility index (Phi) is 3.83. The van der Waals surface area contributed by atoms with Gasteiger partial charge >= 0.3 is 0 Å². The summed E-state index contributed by atoms with van der Waals surface area (Å²) in [7, 11) is 0. The largest absolute Gasteiger partial charge is 0.359 e. The summed E-state index contributed by atoms with van der Waals surface area (Å²) < 4.78 is 0. The lowest BCUT2D eigenvalue weighted by Crippen LogP contribution is -2.37. The van der Waals surface area contributed by atoms with Crippen LogP contribution in [-0.4, -0.2) is 22.5 Å². The summed E-state index contributed by atoms with van der Waals surface area (Å²) in [6.07, 6.45) is 7.01. The predicted molar refractivity (Wildman–Crippen MR) is 73.1 cm³/mol. The Labute approximate surface area is 104 Å². The van der Waals surface area contributed by atoms with Crippen molar-refractivity contribution in [3.05, 3.63) is 0 Å². The molecule has 1 saturated heterocycles. The molecule has 1 N–H and O–H groups in total. The maximum atomic E-state index is 4.86. The topological polar surface area (TPSA) is 24.4 Å². The second kappa shape index (κ2) is 4.99. The summed E-state index contributed by atoms with van der Waals surface area (Å²) in [5.41, 5.74) is 0.232. The molecule has 2 aliphatic rings. The minimum Gasteiger partial charge on any atom is -0.359 e. The van der Waals surface area contributed by atoms with E-state index in [1.807, 2.05) is 11.8 Å². The van der Waals surface area contributed by atoms with E-state index in [2.05, 4.69) is 26.1 Å². The van der Waals surface area contributed by atoms with E-state index >= 15 is 0 Å². The van der Waals surface area contributed by atoms with Crippen LogP contribution in [0.4, 0.5) is 0 Å². The van der Waals surface area contributed by atoms with Gasteiger partial charge in [-0.2, -0.15) is 0 Å². The number of amidine groups is 1. The number of nitrogens with zero attached hydrogens (tertiary/aromatic N) is 1. The Balaban J connectivity index is 1.90. The molecule has 0 spiro atoms. The average Bonchev–Trinajstić information content (AvgIpc) is 2.59. The van der Waals surface area contributed by atoms with Gasteiger partial charge in [0.1, 0.15) is 0 Å². The number of nitrogens with one attached hydrogen (secondary N) is 1. The first kappa shape index (κ1) is 12.3. The molecule has 92 valence electrons. The average molecular weight is 240 g/mol. The van der Waals surface area contributed by atoms with Crippen molar-refractivity contribution in [3.8, 4) is 0 Å². The molecule has 1 aliphatic heterocycles. The van der Waals surface area contributed by atoms with Crippen LogP contribution in [-0.2, 0) is 0 Å². The highest BCUT2D eigenvalue weighted by atomic mass is 32.2. The molecule has 2 rings (SSSR count). The molecule has 0 amide bonds. The first-order chi connectivity index (χ1) is 7.57. The van der Waals surface area contributed by atoms with Crippen LogP contribution in [0.2, 0.25) is 0 Å². The highest BCUT2D eigenvalue weighted by molar-refractivity contribution is 8.14. The fraction of sp³-hybridized carbons (Fsp3) is 0.923. The van der Waals surface area contributed by atoms with Crippen molar-refractivity contribution < 1.29 is 0 Å². The van der Waals surface area contributed by atoms with Gasteiger partial charge in [-0.3, -0.25) is 4.99 Å². The Morgan fingerprint density at radius 3 is 2.56 bits per heavy atom. The lowest BCUT2D eigenvalue weighted by atomic mass is 9.85. The smallest absolute Gasteiger partial charge is 0.157 e. The van der Waals surface area contributed by atoms with E-state index < -0.39 is 0 Å². The van der Waals surface area contributed by atoms with Crippen molar-refractivity contribution in [2.75, 3.05) is 5.75 Å². The summed E-state index contributed by atoms with van der Waals surface area (Å²) >= 11 is 1.88. The van der Waals surface area contributed by atoms with Gasteiger partial charge in [-0.25, -0.2) is 0 Å². The summed E-state index contributed by atoms with van der Waals surface area (Å²) in [5.74, 6) is 1.97. The van der Waals surface area contributed by atoms with Gasteiger partial charge in [-0.05, 0) is 39.5 Å². The quantitative estimate of drug-likeness (QED) is 0.799. The molecular formula is C13H24N2S. The van der Waals surface area contributed by atoms with Crippen molar-refractivity contribution in [1.29, 1.82) is 0 Å². The molecule has 0 bridgehead atoms. The second-order valence-electron chi connectivity index (χ2n) is 5.87. The third-order valence-electron chi connectivity index (χ3n) is 3.67. The zero-order valence-corrected chi connectivity index (χ0v) is 11.6. The third kappa shape index (κ3) is 3.16. The van der Waals surface area contributed by atoms with Gasteiger partial charge in [0, 0.05) is 11.3 Å². The molecule has 2 fully saturated rings. The molecule has 1 atom stereocenters. The van der Waals surface area contributed by atoms with E-state index in [4.69, 9.17) is 4.99 Å². The number of thioether (sulfide) groups is 1. The number of hydrogen-bond acceptors (Lipinski definition) is 2. The zero-order valence-electron chi connectivity index (χ0n) is 10.8. The maximum absolute atomic E-state index is 4.86. The molecule has 0 aromatic rings. The molecule has 1 heterocycles. The minimum atomic E-state index is 0.232. The van der Waals surface area contributed by atoms with E-state index in [1.54, 1.807) is 0 Å². The fourth-order valence-electron chi connectivity index (χ4n) is 2.59. The van der Waals surface area contributed by atoms with E-state index in [1.165, 1.54) is 37.3 Å². The van der Waals surface area contributed by atoms with Crippen LogP contribution in [0.1, 0.15) is 52.9 Å². The van der Waals surface area contributed by atoms with E-state index in [-0.39, 0.29) is 5.54 Å². The summed E-state index contributed by atoms with van der Waals surface area (Å²) in [5, 5.41) is 4.68. The highest BCUT2D eigenvalue weighted by Gasteiger charge is 2.28. The Hall–Kier alpha value is -0.180. The van der Waals surface area contributed by atoms with Crippen molar-refractivity contribution in [1.82, 2.24) is 5.32 Å². The number of hydrogen-bond donors (Lipinski definition) is 1. The van der Waals surface area contributed by atoms with Crippen LogP contribution in [0.3, 0.4) is 0 Å². The van der Waals surface area contributed by atoms with E-state index in [0.717, 1.165) is 11.7 Å². The third-order valence-corrected chi connectivity index (χ3v) is 5.01. The van der Waals surface area contributed by atoms with Crippen molar-refractivity contribution in [3.63, 3.8) is 0 Å². The second-order valence-corrected chi connectivity index (χ2v) is 6.83. The van der Waals surface area contributed by atoms with Crippen LogP contribution >= 0.6 is 11.8 Å². The Morgan fingerprint density at radius 1 is 1.31 bits per heavy atom. The fourth-order valence-corrected chi connectivity index (χ4v) is 3.75. The summed E-state index contributed by atoms with van der Waals surface area (Å²) in [6.45, 7) is 6.78. The first-order valence-electron chi connectivity index (χ1n) is 6.56. The molecule has 0 radical (unpaired) electrons. The van der Waals surface area contributed by atoms with Gasteiger partial charge in [0.2, 0.25) is 0 Å². The molecule has 1 aliphatic carbocycles. The van der Waals surface area contributed by atoms with Crippen molar-refractivity contribution in [2.24, 2.45) is 10.9 Å². The zero-order chi connectivity index (χ0) is 11.6. The minimum absolute atomic E-state index is 0.232. The molecule has 0 aromatic carbocycles. The van der Waals surface area contributed by atoms with Crippen LogP contribution in [0.5, 0.6) is 0 Å². The van der Waals surface area contributed by atoms with Crippen LogP contribution in [0.25, 0.3) is 0 Å². The maximum Gasteiger partial charge on any atom is 0.157 e. The van der Waals surface area contributed by atoms with Crippen LogP contribution in [0, 0.1) is 5.92 Å². The SMILES string of the molecule is CC(N=C1NC(C)(C)CS1)C1CCCCC1. The van der Waals surface area contributed by atoms with Gasteiger partial charge in [0.05, 0.1) is 6.04 Å². The first-order valence-corrected chi connectivity index (χ1v) is 7.54. The molecule has 16 heavy (non-hydrogen) atoms. The van der Waals surface area contributed by atoms with Gasteiger partial charge in [-0.1, -0.05) is 31.0 Å². The van der Waals surface area contributed by atoms with E-state index in [9.17, 15) is 0 Å².